The van der Waals surface area contributed by atoms with E-state index in [-0.39, 0.29) is 17.0 Å². The first-order chi connectivity index (χ1) is 13.7. The van der Waals surface area contributed by atoms with Gasteiger partial charge in [0.15, 0.2) is 9.84 Å². The maximum atomic E-state index is 12.6. The standard InChI is InChI=1S/C20H25N3O5S/c1-29(26,27)16-4-2-3-14(6-16)5-15-7-19(8-15)9-22(10-19)18(25)23-11-20(12-23)13-28-17(24)21-20/h2-4,6,15H,5,7-13H2,1H3,(H,21,24). The molecule has 0 aromatic heterocycles. The number of carbonyl (C=O) groups is 2. The number of alkyl carbamates (subject to hydrolysis) is 1. The van der Waals surface area contributed by atoms with Gasteiger partial charge in [-0.05, 0) is 42.9 Å². The molecule has 29 heavy (non-hydrogen) atoms. The minimum Gasteiger partial charge on any atom is -0.447 e. The van der Waals surface area contributed by atoms with Gasteiger partial charge >= 0.3 is 12.1 Å². The number of cyclic esters (lactones) is 1. The summed E-state index contributed by atoms with van der Waals surface area (Å²) in [5.41, 5.74) is 0.922. The first-order valence-electron chi connectivity index (χ1n) is 9.93. The van der Waals surface area contributed by atoms with Crippen LogP contribution < -0.4 is 5.32 Å². The Labute approximate surface area is 170 Å². The number of likely N-dealkylation sites (tertiary alicyclic amines) is 2. The molecule has 3 saturated heterocycles. The number of amides is 3. The Morgan fingerprint density at radius 1 is 1.21 bits per heavy atom. The molecule has 4 fully saturated rings. The Morgan fingerprint density at radius 2 is 1.90 bits per heavy atom. The second-order valence-electron chi connectivity index (χ2n) is 9.37. The van der Waals surface area contributed by atoms with Crippen LogP contribution in [0.1, 0.15) is 18.4 Å². The van der Waals surface area contributed by atoms with Crippen molar-refractivity contribution in [3.63, 3.8) is 0 Å². The molecule has 0 unspecified atom stereocenters. The van der Waals surface area contributed by atoms with Crippen molar-refractivity contribution in [2.24, 2.45) is 11.3 Å². The van der Waals surface area contributed by atoms with Crippen LogP contribution in [-0.2, 0) is 21.0 Å². The zero-order chi connectivity index (χ0) is 20.4. The summed E-state index contributed by atoms with van der Waals surface area (Å²) in [7, 11) is -3.18. The second-order valence-corrected chi connectivity index (χ2v) is 11.4. The Morgan fingerprint density at radius 3 is 2.52 bits per heavy atom. The Balaban J connectivity index is 1.09. The zero-order valence-corrected chi connectivity index (χ0v) is 17.2. The molecular weight excluding hydrogens is 394 g/mol. The molecular formula is C20H25N3O5S. The van der Waals surface area contributed by atoms with Gasteiger partial charge in [0.05, 0.1) is 18.0 Å². The molecule has 1 aromatic rings. The highest BCUT2D eigenvalue weighted by Gasteiger charge is 2.57. The lowest BCUT2D eigenvalue weighted by Gasteiger charge is -2.61. The fourth-order valence-corrected chi connectivity index (χ4v) is 6.08. The van der Waals surface area contributed by atoms with Gasteiger partial charge in [0.25, 0.3) is 0 Å². The van der Waals surface area contributed by atoms with Crippen molar-refractivity contribution in [2.75, 3.05) is 39.0 Å². The lowest BCUT2D eigenvalue weighted by Crippen LogP contribution is -2.74. The summed E-state index contributed by atoms with van der Waals surface area (Å²) < 4.78 is 28.4. The second kappa shape index (κ2) is 6.10. The molecule has 3 aliphatic heterocycles. The summed E-state index contributed by atoms with van der Waals surface area (Å²) >= 11 is 0. The molecule has 4 aliphatic rings. The number of sulfone groups is 1. The monoisotopic (exact) mass is 419 g/mol. The highest BCUT2D eigenvalue weighted by Crippen LogP contribution is 2.53. The predicted molar refractivity (Wildman–Crippen MR) is 104 cm³/mol. The third-order valence-electron chi connectivity index (χ3n) is 6.72. The number of benzene rings is 1. The lowest BCUT2D eigenvalue weighted by molar-refractivity contribution is -0.0827. The number of nitrogens with zero attached hydrogens (tertiary/aromatic N) is 2. The maximum Gasteiger partial charge on any atom is 0.407 e. The summed E-state index contributed by atoms with van der Waals surface area (Å²) in [5, 5.41) is 2.80. The van der Waals surface area contributed by atoms with Crippen LogP contribution in [-0.4, -0.2) is 74.9 Å². The van der Waals surface area contributed by atoms with Gasteiger partial charge in [-0.15, -0.1) is 0 Å². The lowest BCUT2D eigenvalue weighted by atomic mass is 9.56. The number of rotatable bonds is 3. The molecule has 0 radical (unpaired) electrons. The van der Waals surface area contributed by atoms with Crippen LogP contribution in [0.15, 0.2) is 29.2 Å². The molecule has 2 spiro atoms. The number of hydrogen-bond donors (Lipinski definition) is 1. The smallest absolute Gasteiger partial charge is 0.407 e. The van der Waals surface area contributed by atoms with E-state index in [9.17, 15) is 18.0 Å². The number of hydrogen-bond acceptors (Lipinski definition) is 5. The summed E-state index contributed by atoms with van der Waals surface area (Å²) in [5.74, 6) is 0.542. The van der Waals surface area contributed by atoms with Gasteiger partial charge in [-0.25, -0.2) is 18.0 Å². The van der Waals surface area contributed by atoms with Crippen molar-refractivity contribution in [1.29, 1.82) is 0 Å². The molecule has 1 N–H and O–H groups in total. The van der Waals surface area contributed by atoms with E-state index in [0.29, 0.717) is 30.5 Å². The fourth-order valence-electron chi connectivity index (χ4n) is 5.38. The van der Waals surface area contributed by atoms with Crippen molar-refractivity contribution < 1.29 is 22.7 Å². The van der Waals surface area contributed by atoms with Crippen molar-refractivity contribution in [3.8, 4) is 0 Å². The topological polar surface area (TPSA) is 96.0 Å². The van der Waals surface area contributed by atoms with Crippen molar-refractivity contribution in [1.82, 2.24) is 15.1 Å². The van der Waals surface area contributed by atoms with Crippen LogP contribution in [0, 0.1) is 11.3 Å². The summed E-state index contributed by atoms with van der Waals surface area (Å²) in [6, 6.07) is 7.26. The van der Waals surface area contributed by atoms with Crippen molar-refractivity contribution >= 4 is 22.0 Å². The van der Waals surface area contributed by atoms with E-state index in [4.69, 9.17) is 4.74 Å². The molecule has 8 nitrogen and oxygen atoms in total. The quantitative estimate of drug-likeness (QED) is 0.796. The number of nitrogens with one attached hydrogen (secondary N) is 1. The van der Waals surface area contributed by atoms with Crippen LogP contribution in [0.4, 0.5) is 9.59 Å². The number of carbonyl (C=O) groups excluding carboxylic acids is 2. The minimum atomic E-state index is -3.18. The Kier molecular flexibility index (Phi) is 3.94. The third-order valence-corrected chi connectivity index (χ3v) is 7.83. The molecule has 0 atom stereocenters. The highest BCUT2D eigenvalue weighted by molar-refractivity contribution is 7.90. The highest BCUT2D eigenvalue weighted by atomic mass is 32.2. The largest absolute Gasteiger partial charge is 0.447 e. The first-order valence-corrected chi connectivity index (χ1v) is 11.8. The normalized spacial score (nSPS) is 24.5. The predicted octanol–water partition coefficient (Wildman–Crippen LogP) is 1.26. The molecule has 1 saturated carbocycles. The molecule has 0 bridgehead atoms. The minimum absolute atomic E-state index is 0.0479. The summed E-state index contributed by atoms with van der Waals surface area (Å²) in [4.78, 5) is 27.9. The van der Waals surface area contributed by atoms with Crippen molar-refractivity contribution in [3.05, 3.63) is 29.8 Å². The molecule has 1 aromatic carbocycles. The van der Waals surface area contributed by atoms with Gasteiger partial charge in [-0.2, -0.15) is 0 Å². The summed E-state index contributed by atoms with van der Waals surface area (Å²) in [6.07, 6.45) is 3.87. The average molecular weight is 420 g/mol. The molecule has 3 amide bonds. The molecule has 3 heterocycles. The van der Waals surface area contributed by atoms with Crippen LogP contribution in [0.2, 0.25) is 0 Å². The van der Waals surface area contributed by atoms with E-state index in [1.807, 2.05) is 17.0 Å². The van der Waals surface area contributed by atoms with Gasteiger partial charge in [0.2, 0.25) is 0 Å². The first kappa shape index (κ1) is 18.7. The van der Waals surface area contributed by atoms with Crippen molar-refractivity contribution in [2.45, 2.75) is 29.7 Å². The average Bonchev–Trinajstić information content (AvgIpc) is 2.96. The number of urea groups is 1. The van der Waals surface area contributed by atoms with Gasteiger partial charge in [-0.1, -0.05) is 12.1 Å². The van der Waals surface area contributed by atoms with E-state index in [0.717, 1.165) is 37.9 Å². The Hall–Kier alpha value is -2.29. The number of ether oxygens (including phenoxy) is 1. The Bertz CT molecular complexity index is 972. The summed E-state index contributed by atoms with van der Waals surface area (Å²) in [6.45, 7) is 2.94. The van der Waals surface area contributed by atoms with E-state index in [1.165, 1.54) is 6.26 Å². The molecule has 1 aliphatic carbocycles. The zero-order valence-electron chi connectivity index (χ0n) is 16.4. The van der Waals surface area contributed by atoms with E-state index >= 15 is 0 Å². The fraction of sp³-hybridized carbons (Fsp3) is 0.600. The van der Waals surface area contributed by atoms with Crippen LogP contribution in [0.25, 0.3) is 0 Å². The van der Waals surface area contributed by atoms with E-state index in [1.54, 1.807) is 17.0 Å². The van der Waals surface area contributed by atoms with Gasteiger partial charge < -0.3 is 19.9 Å². The molecule has 9 heteroatoms. The SMILES string of the molecule is CS(=O)(=O)c1cccc(CC2CC3(C2)CN(C(=O)N2CC4(COC(=O)N4)C2)C3)c1. The van der Waals surface area contributed by atoms with Gasteiger partial charge in [-0.3, -0.25) is 0 Å². The maximum absolute atomic E-state index is 12.6. The molecule has 5 rings (SSSR count). The third kappa shape index (κ3) is 3.25. The van der Waals surface area contributed by atoms with E-state index in [2.05, 4.69) is 5.32 Å². The van der Waals surface area contributed by atoms with Crippen LogP contribution in [0.3, 0.4) is 0 Å². The molecule has 156 valence electrons. The van der Waals surface area contributed by atoms with Gasteiger partial charge in [0, 0.05) is 24.8 Å². The van der Waals surface area contributed by atoms with Crippen LogP contribution >= 0.6 is 0 Å². The van der Waals surface area contributed by atoms with Crippen LogP contribution in [0.5, 0.6) is 0 Å². The van der Waals surface area contributed by atoms with E-state index < -0.39 is 15.9 Å². The van der Waals surface area contributed by atoms with Gasteiger partial charge in [0.1, 0.15) is 12.1 Å².